The third-order valence-corrected chi connectivity index (χ3v) is 5.53. The minimum absolute atomic E-state index is 0. The normalized spacial score (nSPS) is 21.9. The number of amidine groups is 1. The summed E-state index contributed by atoms with van der Waals surface area (Å²) < 4.78 is 1.99. The largest absolute Gasteiger partial charge is 1.00 e. The van der Waals surface area contributed by atoms with Crippen LogP contribution in [0.5, 0.6) is 0 Å². The van der Waals surface area contributed by atoms with Gasteiger partial charge in [-0.15, -0.1) is 0 Å². The fourth-order valence-electron chi connectivity index (χ4n) is 3.25. The minimum atomic E-state index is -1.18. The Morgan fingerprint density at radius 2 is 1.84 bits per heavy atom. The van der Waals surface area contributed by atoms with Crippen LogP contribution in [0.4, 0.5) is 11.4 Å². The molecule has 2 aliphatic heterocycles. The molecule has 2 heterocycles. The molecule has 1 N–H and O–H groups in total. The first kappa shape index (κ1) is 17.9. The Hall–Kier alpha value is -1.90. The van der Waals surface area contributed by atoms with Crippen molar-refractivity contribution < 1.29 is 31.6 Å². The maximum Gasteiger partial charge on any atom is 0.316 e. The second-order valence-corrected chi connectivity index (χ2v) is 6.89. The van der Waals surface area contributed by atoms with Gasteiger partial charge in [0.2, 0.25) is 0 Å². The monoisotopic (exact) mass is 421 g/mol. The van der Waals surface area contributed by atoms with Crippen LogP contribution in [0.1, 0.15) is 5.56 Å². The van der Waals surface area contributed by atoms with Crippen LogP contribution < -0.4 is 21.9 Å². The lowest BCUT2D eigenvalue weighted by atomic mass is 10.0. The summed E-state index contributed by atoms with van der Waals surface area (Å²) >= 11 is 1.72. The molecule has 1 unspecified atom stereocenters. The summed E-state index contributed by atoms with van der Waals surface area (Å²) in [5.74, 6) is 0.911. The molecule has 0 aliphatic carbocycles. The van der Waals surface area contributed by atoms with E-state index in [9.17, 15) is 15.2 Å². The van der Waals surface area contributed by atoms with Gasteiger partial charge in [-0.25, -0.2) is 9.48 Å². The highest BCUT2D eigenvalue weighted by Gasteiger charge is 2.54. The lowest BCUT2D eigenvalue weighted by molar-refractivity contribution is -0.650. The second-order valence-electron chi connectivity index (χ2n) is 5.82. The molecule has 4 rings (SSSR count). The van der Waals surface area contributed by atoms with Gasteiger partial charge in [0, 0.05) is 23.4 Å². The Morgan fingerprint density at radius 1 is 1.16 bits per heavy atom. The number of anilines is 1. The number of β-amino-alcohol motifs (C(OH)–C–C–N with tert-alkyl or cyclic N) is 1. The van der Waals surface area contributed by atoms with Crippen molar-refractivity contribution in [2.24, 2.45) is 0 Å². The van der Waals surface area contributed by atoms with Crippen LogP contribution in [0.15, 0.2) is 54.6 Å². The van der Waals surface area contributed by atoms with Gasteiger partial charge in [-0.05, 0) is 36.0 Å². The van der Waals surface area contributed by atoms with E-state index in [0.29, 0.717) is 12.1 Å². The van der Waals surface area contributed by atoms with Gasteiger partial charge >= 0.3 is 5.17 Å². The number of aliphatic hydroxyl groups is 1. The van der Waals surface area contributed by atoms with Gasteiger partial charge in [0.25, 0.3) is 11.4 Å². The number of hydrogen-bond donors (Lipinski definition) is 1. The summed E-state index contributed by atoms with van der Waals surface area (Å²) in [7, 11) is 0. The summed E-state index contributed by atoms with van der Waals surface area (Å²) in [4.78, 5) is 12.5. The van der Waals surface area contributed by atoms with E-state index in [4.69, 9.17) is 0 Å². The van der Waals surface area contributed by atoms with E-state index >= 15 is 0 Å². The van der Waals surface area contributed by atoms with Crippen molar-refractivity contribution in [3.8, 4) is 0 Å². The molecule has 1 atom stereocenters. The number of benzene rings is 2. The minimum Gasteiger partial charge on any atom is -1.00 e. The maximum absolute atomic E-state index is 11.4. The van der Waals surface area contributed by atoms with E-state index in [2.05, 4.69) is 4.90 Å². The number of hydrogen-bond acceptors (Lipinski definition) is 5. The number of nitrogens with zero attached hydrogens (tertiary/aromatic N) is 3. The molecule has 0 fully saturated rings. The van der Waals surface area contributed by atoms with Gasteiger partial charge in [-0.2, -0.15) is 0 Å². The van der Waals surface area contributed by atoms with Crippen LogP contribution in [-0.2, 0) is 5.72 Å². The molecule has 2 aliphatic rings. The zero-order valence-corrected chi connectivity index (χ0v) is 15.6. The number of para-hydroxylation sites is 1. The molecule has 6 nitrogen and oxygen atoms in total. The molecular formula is C17H16BrN3O3S. The molecule has 8 heteroatoms. The van der Waals surface area contributed by atoms with E-state index < -0.39 is 10.6 Å². The summed E-state index contributed by atoms with van der Waals surface area (Å²) in [6, 6.07) is 16.1. The Kier molecular flexibility index (Phi) is 4.86. The molecule has 0 bridgehead atoms. The molecule has 0 saturated heterocycles. The smallest absolute Gasteiger partial charge is 0.316 e. The molecule has 0 aromatic heterocycles. The number of non-ortho nitro benzene ring substituents is 1. The summed E-state index contributed by atoms with van der Waals surface area (Å²) in [6.45, 7) is 1.15. The molecule has 130 valence electrons. The lowest BCUT2D eigenvalue weighted by Gasteiger charge is -2.22. The topological polar surface area (TPSA) is 69.6 Å². The molecule has 0 amide bonds. The Balaban J connectivity index is 0.00000182. The predicted molar refractivity (Wildman–Crippen MR) is 93.4 cm³/mol. The van der Waals surface area contributed by atoms with Crippen molar-refractivity contribution in [3.63, 3.8) is 0 Å². The number of nitro benzene ring substituents is 1. The number of thioether (sulfide) groups is 1. The Labute approximate surface area is 159 Å². The molecule has 0 saturated carbocycles. The summed E-state index contributed by atoms with van der Waals surface area (Å²) in [5.41, 5.74) is 0.556. The molecule has 2 aromatic carbocycles. The van der Waals surface area contributed by atoms with Gasteiger partial charge in [0.15, 0.2) is 6.54 Å². The van der Waals surface area contributed by atoms with E-state index in [1.165, 1.54) is 12.1 Å². The third kappa shape index (κ3) is 2.94. The van der Waals surface area contributed by atoms with Gasteiger partial charge < -0.3 is 22.1 Å². The molecule has 2 aromatic rings. The Morgan fingerprint density at radius 3 is 2.48 bits per heavy atom. The predicted octanol–water partition coefficient (Wildman–Crippen LogP) is -0.621. The zero-order chi connectivity index (χ0) is 16.7. The first-order chi connectivity index (χ1) is 11.6. The Bertz CT molecular complexity index is 829. The first-order valence-electron chi connectivity index (χ1n) is 7.67. The SMILES string of the molecule is O=[N+]([O-])c1ccc(C2(O)CN(c3ccccc3)C3=[N+]2CCS3)cc1.[Br-]. The van der Waals surface area contributed by atoms with Gasteiger partial charge in [-0.3, -0.25) is 10.1 Å². The molecule has 0 spiro atoms. The standard InChI is InChI=1S/C17H16N3O3S.BrH/c21-17(13-6-8-15(9-7-13)20(22)23)12-18(14-4-2-1-3-5-14)16-19(17)10-11-24-16;/h1-9,21H,10-12H2;1H/q+1;/p-1. The highest BCUT2D eigenvalue weighted by Crippen LogP contribution is 2.38. The number of nitro groups is 1. The molecular weight excluding hydrogens is 406 g/mol. The van der Waals surface area contributed by atoms with Crippen LogP contribution in [-0.4, -0.2) is 38.6 Å². The summed E-state index contributed by atoms with van der Waals surface area (Å²) in [5, 5.41) is 23.3. The van der Waals surface area contributed by atoms with Crippen LogP contribution >= 0.6 is 11.8 Å². The van der Waals surface area contributed by atoms with Crippen LogP contribution in [0.2, 0.25) is 0 Å². The average Bonchev–Trinajstić information content (AvgIpc) is 3.19. The number of halogens is 1. The molecule has 0 radical (unpaired) electrons. The van der Waals surface area contributed by atoms with Gasteiger partial charge in [0.05, 0.1) is 11.5 Å². The molecule has 25 heavy (non-hydrogen) atoms. The quantitative estimate of drug-likeness (QED) is 0.406. The van der Waals surface area contributed by atoms with Crippen molar-refractivity contribution in [1.29, 1.82) is 0 Å². The van der Waals surface area contributed by atoms with Crippen molar-refractivity contribution in [2.75, 3.05) is 23.7 Å². The van der Waals surface area contributed by atoms with Crippen molar-refractivity contribution in [1.82, 2.24) is 0 Å². The van der Waals surface area contributed by atoms with E-state index in [0.717, 1.165) is 23.2 Å². The lowest BCUT2D eigenvalue weighted by Crippen LogP contribution is -3.00. The highest BCUT2D eigenvalue weighted by atomic mass is 79.9. The number of rotatable bonds is 3. The van der Waals surface area contributed by atoms with E-state index in [-0.39, 0.29) is 22.7 Å². The summed E-state index contributed by atoms with van der Waals surface area (Å²) in [6.07, 6.45) is 0. The fraction of sp³-hybridized carbons (Fsp3) is 0.235. The van der Waals surface area contributed by atoms with Crippen LogP contribution in [0, 0.1) is 10.1 Å². The highest BCUT2D eigenvalue weighted by molar-refractivity contribution is 8.14. The van der Waals surface area contributed by atoms with E-state index in [1.54, 1.807) is 23.9 Å². The maximum atomic E-state index is 11.4. The zero-order valence-electron chi connectivity index (χ0n) is 13.2. The van der Waals surface area contributed by atoms with Gasteiger partial charge in [-0.1, -0.05) is 18.2 Å². The average molecular weight is 422 g/mol. The second kappa shape index (κ2) is 6.78. The van der Waals surface area contributed by atoms with E-state index in [1.807, 2.05) is 34.9 Å². The van der Waals surface area contributed by atoms with Crippen LogP contribution in [0.3, 0.4) is 0 Å². The third-order valence-electron chi connectivity index (χ3n) is 4.44. The van der Waals surface area contributed by atoms with Crippen molar-refractivity contribution in [2.45, 2.75) is 5.72 Å². The van der Waals surface area contributed by atoms with Gasteiger partial charge in [0.1, 0.15) is 5.69 Å². The van der Waals surface area contributed by atoms with Crippen molar-refractivity contribution in [3.05, 3.63) is 70.3 Å². The first-order valence-corrected chi connectivity index (χ1v) is 8.65. The van der Waals surface area contributed by atoms with Crippen molar-refractivity contribution >= 4 is 28.3 Å². The fourth-order valence-corrected chi connectivity index (χ4v) is 4.43. The van der Waals surface area contributed by atoms with Crippen LogP contribution in [0.25, 0.3) is 0 Å².